The monoisotopic (exact) mass is 482 g/mol. The molecule has 0 saturated carbocycles. The average molecular weight is 483 g/mol. The Balaban J connectivity index is 1.60. The minimum atomic E-state index is -4.75. The second-order valence-electron chi connectivity index (χ2n) is 9.13. The molecule has 0 aliphatic carbocycles. The van der Waals surface area contributed by atoms with Crippen molar-refractivity contribution < 1.29 is 32.0 Å². The zero-order valence-electron chi connectivity index (χ0n) is 19.5. The molecule has 2 saturated heterocycles. The Kier molecular flexibility index (Phi) is 7.01. The molecule has 34 heavy (non-hydrogen) atoms. The molecule has 0 radical (unpaired) electrons. The molecule has 3 heterocycles. The number of morpholine rings is 1. The fraction of sp³-hybridized carbons (Fsp3) is 0.609. The van der Waals surface area contributed by atoms with Crippen LogP contribution >= 0.6 is 0 Å². The van der Waals surface area contributed by atoms with Crippen LogP contribution in [0.25, 0.3) is 0 Å². The number of hydrogen-bond acceptors (Lipinski definition) is 6. The third kappa shape index (κ3) is 5.63. The largest absolute Gasteiger partial charge is 0.573 e. The van der Waals surface area contributed by atoms with E-state index in [0.717, 1.165) is 5.56 Å². The van der Waals surface area contributed by atoms with Gasteiger partial charge in [0.05, 0.1) is 19.1 Å². The predicted octanol–water partition coefficient (Wildman–Crippen LogP) is 4.43. The molecule has 2 atom stereocenters. The first kappa shape index (κ1) is 24.3. The Morgan fingerprint density at radius 3 is 2.47 bits per heavy atom. The van der Waals surface area contributed by atoms with E-state index in [-0.39, 0.29) is 29.5 Å². The molecular formula is C23H29F3N4O4. The van der Waals surface area contributed by atoms with Crippen LogP contribution in [-0.4, -0.2) is 71.7 Å². The first-order valence-electron chi connectivity index (χ1n) is 11.4. The number of alkyl halides is 3. The molecule has 186 valence electrons. The summed E-state index contributed by atoms with van der Waals surface area (Å²) in [5, 5.41) is 4.07. The van der Waals surface area contributed by atoms with E-state index in [9.17, 15) is 18.0 Å². The van der Waals surface area contributed by atoms with Crippen molar-refractivity contribution in [2.45, 2.75) is 51.3 Å². The lowest BCUT2D eigenvalue weighted by molar-refractivity contribution is -0.274. The summed E-state index contributed by atoms with van der Waals surface area (Å²) in [4.78, 5) is 21.4. The van der Waals surface area contributed by atoms with Gasteiger partial charge in [-0.15, -0.1) is 13.2 Å². The number of amides is 2. The molecule has 2 aliphatic rings. The van der Waals surface area contributed by atoms with E-state index in [1.165, 1.54) is 6.07 Å². The lowest BCUT2D eigenvalue weighted by Gasteiger charge is -2.40. The van der Waals surface area contributed by atoms with Crippen LogP contribution < -0.4 is 4.74 Å². The third-order valence-electron chi connectivity index (χ3n) is 6.22. The molecule has 2 amide bonds. The topological polar surface area (TPSA) is 80.9 Å². The predicted molar refractivity (Wildman–Crippen MR) is 116 cm³/mol. The summed E-state index contributed by atoms with van der Waals surface area (Å²) in [5.41, 5.74) is 1.21. The van der Waals surface area contributed by atoms with E-state index in [1.807, 2.05) is 13.8 Å². The summed E-state index contributed by atoms with van der Waals surface area (Å²) < 4.78 is 53.1. The molecule has 0 unspecified atom stereocenters. The fourth-order valence-electron chi connectivity index (χ4n) is 4.44. The maximum Gasteiger partial charge on any atom is 0.573 e. The highest BCUT2D eigenvalue weighted by atomic mass is 19.4. The van der Waals surface area contributed by atoms with Crippen molar-refractivity contribution in [2.75, 3.05) is 39.4 Å². The van der Waals surface area contributed by atoms with Gasteiger partial charge in [0.1, 0.15) is 5.75 Å². The molecule has 2 aromatic rings. The number of carbonyl (C=O) groups is 1. The maximum absolute atomic E-state index is 13.3. The van der Waals surface area contributed by atoms with Gasteiger partial charge >= 0.3 is 12.4 Å². The van der Waals surface area contributed by atoms with Gasteiger partial charge in [0.25, 0.3) is 0 Å². The normalized spacial score (nSPS) is 21.7. The molecule has 11 heteroatoms. The second-order valence-corrected chi connectivity index (χ2v) is 9.13. The maximum atomic E-state index is 13.3. The van der Waals surface area contributed by atoms with Crippen LogP contribution in [0.4, 0.5) is 18.0 Å². The summed E-state index contributed by atoms with van der Waals surface area (Å²) in [6.07, 6.45) is -4.12. The van der Waals surface area contributed by atoms with Crippen molar-refractivity contribution in [3.63, 3.8) is 0 Å². The van der Waals surface area contributed by atoms with Crippen LogP contribution in [0.5, 0.6) is 5.75 Å². The summed E-state index contributed by atoms with van der Waals surface area (Å²) in [5.74, 6) is 0.650. The summed E-state index contributed by atoms with van der Waals surface area (Å²) in [7, 11) is 0. The van der Waals surface area contributed by atoms with E-state index in [1.54, 1.807) is 28.9 Å². The molecule has 0 spiro atoms. The number of piperidine rings is 1. The van der Waals surface area contributed by atoms with Gasteiger partial charge in [-0.2, -0.15) is 4.98 Å². The van der Waals surface area contributed by atoms with Crippen molar-refractivity contribution in [1.29, 1.82) is 0 Å². The van der Waals surface area contributed by atoms with Crippen LogP contribution in [0.2, 0.25) is 0 Å². The van der Waals surface area contributed by atoms with Crippen molar-refractivity contribution in [1.82, 2.24) is 19.9 Å². The zero-order chi connectivity index (χ0) is 24.5. The lowest BCUT2D eigenvalue weighted by Crippen LogP contribution is -2.52. The smallest absolute Gasteiger partial charge is 0.406 e. The standard InChI is InChI=1S/C23H29F3N4O4/c1-14(2)20-27-21(34-28-20)18-11-17(12-30(13-18)22(31)29-6-8-32-9-7-29)16-4-5-19(15(3)10-16)33-23(24,25)26/h4-5,10,14,17-18H,6-9,11-13H2,1-3H3/t17-,18+/m1/s1. The number of benzene rings is 1. The Hall–Kier alpha value is -2.82. The number of nitrogens with zero attached hydrogens (tertiary/aromatic N) is 4. The highest BCUT2D eigenvalue weighted by Gasteiger charge is 2.37. The van der Waals surface area contributed by atoms with Gasteiger partial charge in [0, 0.05) is 38.0 Å². The number of aryl methyl sites for hydroxylation is 1. The number of carbonyl (C=O) groups excluding carboxylic acids is 1. The summed E-state index contributed by atoms with van der Waals surface area (Å²) in [6, 6.07) is 4.57. The van der Waals surface area contributed by atoms with Crippen LogP contribution in [0, 0.1) is 6.92 Å². The molecule has 4 rings (SSSR count). The Bertz CT molecular complexity index is 1000. The second kappa shape index (κ2) is 9.81. The molecule has 1 aromatic carbocycles. The van der Waals surface area contributed by atoms with E-state index in [4.69, 9.17) is 9.26 Å². The van der Waals surface area contributed by atoms with Gasteiger partial charge < -0.3 is 23.8 Å². The minimum Gasteiger partial charge on any atom is -0.406 e. The number of aromatic nitrogens is 2. The fourth-order valence-corrected chi connectivity index (χ4v) is 4.44. The highest BCUT2D eigenvalue weighted by molar-refractivity contribution is 5.75. The van der Waals surface area contributed by atoms with Crippen molar-refractivity contribution in [3.05, 3.63) is 41.0 Å². The third-order valence-corrected chi connectivity index (χ3v) is 6.22. The van der Waals surface area contributed by atoms with Crippen LogP contribution in [0.15, 0.2) is 22.7 Å². The Labute approximate surface area is 196 Å². The van der Waals surface area contributed by atoms with Crippen LogP contribution in [-0.2, 0) is 4.74 Å². The average Bonchev–Trinajstić information content (AvgIpc) is 3.30. The van der Waals surface area contributed by atoms with E-state index < -0.39 is 6.36 Å². The molecule has 2 fully saturated rings. The SMILES string of the molecule is Cc1cc([C@@H]2C[C@H](c3nc(C(C)C)no3)CN(C(=O)N3CCOCC3)C2)ccc1OC(F)(F)F. The first-order valence-corrected chi connectivity index (χ1v) is 11.4. The molecular weight excluding hydrogens is 453 g/mol. The van der Waals surface area contributed by atoms with E-state index in [2.05, 4.69) is 14.9 Å². The van der Waals surface area contributed by atoms with Gasteiger partial charge in [-0.1, -0.05) is 31.1 Å². The van der Waals surface area contributed by atoms with Crippen LogP contribution in [0.3, 0.4) is 0 Å². The van der Waals surface area contributed by atoms with E-state index in [0.29, 0.717) is 63.1 Å². The van der Waals surface area contributed by atoms with Gasteiger partial charge in [0.2, 0.25) is 5.89 Å². The van der Waals surface area contributed by atoms with Crippen molar-refractivity contribution >= 4 is 6.03 Å². The molecule has 1 aromatic heterocycles. The summed E-state index contributed by atoms with van der Waals surface area (Å²) >= 11 is 0. The van der Waals surface area contributed by atoms with Crippen molar-refractivity contribution in [3.8, 4) is 5.75 Å². The van der Waals surface area contributed by atoms with Gasteiger partial charge in [0.15, 0.2) is 5.82 Å². The first-order chi connectivity index (χ1) is 16.1. The molecule has 0 bridgehead atoms. The summed E-state index contributed by atoms with van der Waals surface area (Å²) in [6.45, 7) is 8.42. The molecule has 2 aliphatic heterocycles. The number of halogens is 3. The quantitative estimate of drug-likeness (QED) is 0.642. The highest BCUT2D eigenvalue weighted by Crippen LogP contribution is 2.38. The number of rotatable bonds is 4. The van der Waals surface area contributed by atoms with Gasteiger partial charge in [-0.25, -0.2) is 4.79 Å². The van der Waals surface area contributed by atoms with Crippen LogP contribution in [0.1, 0.15) is 60.9 Å². The van der Waals surface area contributed by atoms with Gasteiger partial charge in [-0.05, 0) is 30.5 Å². The Morgan fingerprint density at radius 2 is 1.85 bits per heavy atom. The minimum absolute atomic E-state index is 0.0876. The van der Waals surface area contributed by atoms with E-state index >= 15 is 0 Å². The molecule has 0 N–H and O–H groups in total. The lowest BCUT2D eigenvalue weighted by atomic mass is 9.84. The number of urea groups is 1. The zero-order valence-corrected chi connectivity index (χ0v) is 19.5. The number of likely N-dealkylation sites (tertiary alicyclic amines) is 1. The number of ether oxygens (including phenoxy) is 2. The number of hydrogen-bond donors (Lipinski definition) is 0. The molecule has 8 nitrogen and oxygen atoms in total. The Morgan fingerprint density at radius 1 is 1.15 bits per heavy atom. The van der Waals surface area contributed by atoms with Gasteiger partial charge in [-0.3, -0.25) is 0 Å². The van der Waals surface area contributed by atoms with Crippen molar-refractivity contribution in [2.24, 2.45) is 0 Å².